The third-order valence-electron chi connectivity index (χ3n) is 3.54. The van der Waals surface area contributed by atoms with E-state index < -0.39 is 0 Å². The van der Waals surface area contributed by atoms with Gasteiger partial charge in [0.1, 0.15) is 0 Å². The summed E-state index contributed by atoms with van der Waals surface area (Å²) in [6.07, 6.45) is 3.55. The molecule has 2 heterocycles. The number of nitrogens with zero attached hydrogens (tertiary/aromatic N) is 2. The fourth-order valence-electron chi connectivity index (χ4n) is 2.44. The smallest absolute Gasteiger partial charge is 0.273 e. The second-order valence-electron chi connectivity index (χ2n) is 5.09. The van der Waals surface area contributed by atoms with Crippen LogP contribution in [0.3, 0.4) is 0 Å². The van der Waals surface area contributed by atoms with Crippen molar-refractivity contribution >= 4 is 17.4 Å². The van der Waals surface area contributed by atoms with Crippen LogP contribution < -0.4 is 5.56 Å². The SMILES string of the molecule is O=c1ccn2[nH]cc(-c3ccc(Sc4ccccc4)cc3)c2n1. The zero-order valence-electron chi connectivity index (χ0n) is 12.1. The molecule has 1 N–H and O–H groups in total. The largest absolute Gasteiger partial charge is 0.299 e. The molecule has 2 aromatic heterocycles. The maximum absolute atomic E-state index is 11.5. The Labute approximate surface area is 136 Å². The quantitative estimate of drug-likeness (QED) is 0.624. The van der Waals surface area contributed by atoms with Gasteiger partial charge in [-0.3, -0.25) is 9.89 Å². The zero-order valence-corrected chi connectivity index (χ0v) is 13.0. The molecular formula is C18H13N3OS. The molecule has 2 aromatic carbocycles. The molecule has 4 aromatic rings. The van der Waals surface area contributed by atoms with Crippen molar-refractivity contribution in [3.63, 3.8) is 0 Å². The lowest BCUT2D eigenvalue weighted by molar-refractivity contribution is 0.931. The monoisotopic (exact) mass is 319 g/mol. The van der Waals surface area contributed by atoms with Crippen LogP contribution in [0, 0.1) is 0 Å². The molecule has 0 aliphatic rings. The van der Waals surface area contributed by atoms with E-state index in [4.69, 9.17) is 0 Å². The number of fused-ring (bicyclic) bond motifs is 1. The standard InChI is InChI=1S/C18H13N3OS/c22-17-10-11-21-18(20-17)16(12-19-21)13-6-8-15(9-7-13)23-14-4-2-1-3-5-14/h1-12,19H. The molecule has 0 spiro atoms. The molecule has 4 rings (SSSR count). The first-order chi connectivity index (χ1) is 11.3. The summed E-state index contributed by atoms with van der Waals surface area (Å²) in [7, 11) is 0. The first kappa shape index (κ1) is 13.8. The highest BCUT2D eigenvalue weighted by molar-refractivity contribution is 7.99. The van der Waals surface area contributed by atoms with E-state index in [1.165, 1.54) is 15.9 Å². The van der Waals surface area contributed by atoms with Crippen molar-refractivity contribution in [2.75, 3.05) is 0 Å². The molecule has 23 heavy (non-hydrogen) atoms. The van der Waals surface area contributed by atoms with Gasteiger partial charge in [-0.1, -0.05) is 42.1 Å². The summed E-state index contributed by atoms with van der Waals surface area (Å²) in [6.45, 7) is 0. The average Bonchev–Trinajstić information content (AvgIpc) is 2.99. The molecule has 0 saturated carbocycles. The molecule has 0 aliphatic carbocycles. The van der Waals surface area contributed by atoms with E-state index >= 15 is 0 Å². The lowest BCUT2D eigenvalue weighted by Crippen LogP contribution is -2.06. The number of rotatable bonds is 3. The molecular weight excluding hydrogens is 306 g/mol. The maximum atomic E-state index is 11.5. The van der Waals surface area contributed by atoms with E-state index in [2.05, 4.69) is 34.3 Å². The minimum atomic E-state index is -0.234. The lowest BCUT2D eigenvalue weighted by atomic mass is 10.1. The van der Waals surface area contributed by atoms with Gasteiger partial charge in [-0.15, -0.1) is 0 Å². The van der Waals surface area contributed by atoms with Gasteiger partial charge in [0.15, 0.2) is 5.65 Å². The number of hydrogen-bond acceptors (Lipinski definition) is 3. The van der Waals surface area contributed by atoms with Crippen LogP contribution in [-0.2, 0) is 0 Å². The summed E-state index contributed by atoms with van der Waals surface area (Å²) in [4.78, 5) is 17.9. The van der Waals surface area contributed by atoms with Gasteiger partial charge in [-0.05, 0) is 29.8 Å². The first-order valence-electron chi connectivity index (χ1n) is 7.20. The Morgan fingerprint density at radius 3 is 2.43 bits per heavy atom. The predicted molar refractivity (Wildman–Crippen MR) is 91.8 cm³/mol. The van der Waals surface area contributed by atoms with Crippen LogP contribution in [-0.4, -0.2) is 14.6 Å². The van der Waals surface area contributed by atoms with Crippen LogP contribution in [0.25, 0.3) is 16.8 Å². The summed E-state index contributed by atoms with van der Waals surface area (Å²) in [5.74, 6) is 0. The fourth-order valence-corrected chi connectivity index (χ4v) is 3.27. The highest BCUT2D eigenvalue weighted by Crippen LogP contribution is 2.30. The van der Waals surface area contributed by atoms with E-state index in [0.29, 0.717) is 5.65 Å². The van der Waals surface area contributed by atoms with E-state index in [-0.39, 0.29) is 5.56 Å². The Hall–Kier alpha value is -2.79. The topological polar surface area (TPSA) is 50.2 Å². The van der Waals surface area contributed by atoms with Crippen molar-refractivity contribution in [2.24, 2.45) is 0 Å². The maximum Gasteiger partial charge on any atom is 0.273 e. The van der Waals surface area contributed by atoms with Crippen molar-refractivity contribution in [1.82, 2.24) is 14.6 Å². The summed E-state index contributed by atoms with van der Waals surface area (Å²) in [6, 6.07) is 20.0. The van der Waals surface area contributed by atoms with Gasteiger partial charge < -0.3 is 0 Å². The summed E-state index contributed by atoms with van der Waals surface area (Å²) >= 11 is 1.72. The van der Waals surface area contributed by atoms with Gasteiger partial charge in [0.05, 0.1) is 0 Å². The van der Waals surface area contributed by atoms with Crippen molar-refractivity contribution in [3.8, 4) is 11.1 Å². The molecule has 0 atom stereocenters. The number of nitrogens with one attached hydrogen (secondary N) is 1. The highest BCUT2D eigenvalue weighted by atomic mass is 32.2. The van der Waals surface area contributed by atoms with Crippen LogP contribution in [0.1, 0.15) is 0 Å². The highest BCUT2D eigenvalue weighted by Gasteiger charge is 2.07. The second-order valence-corrected chi connectivity index (χ2v) is 6.23. The van der Waals surface area contributed by atoms with E-state index in [1.54, 1.807) is 22.5 Å². The van der Waals surface area contributed by atoms with E-state index in [1.807, 2.05) is 36.5 Å². The van der Waals surface area contributed by atoms with Crippen molar-refractivity contribution in [1.29, 1.82) is 0 Å². The van der Waals surface area contributed by atoms with Crippen LogP contribution in [0.2, 0.25) is 0 Å². The van der Waals surface area contributed by atoms with Crippen LogP contribution in [0.15, 0.2) is 87.6 Å². The number of benzene rings is 2. The zero-order chi connectivity index (χ0) is 15.6. The van der Waals surface area contributed by atoms with Crippen molar-refractivity contribution < 1.29 is 0 Å². The summed E-state index contributed by atoms with van der Waals surface area (Å²) in [5, 5.41) is 3.08. The Kier molecular flexibility index (Phi) is 3.48. The summed E-state index contributed by atoms with van der Waals surface area (Å²) < 4.78 is 1.74. The Morgan fingerprint density at radius 2 is 1.65 bits per heavy atom. The number of H-pyrrole nitrogens is 1. The van der Waals surface area contributed by atoms with Gasteiger partial charge in [-0.2, -0.15) is 4.98 Å². The third-order valence-corrected chi connectivity index (χ3v) is 4.56. The number of aromatic nitrogens is 3. The van der Waals surface area contributed by atoms with Gasteiger partial charge in [-0.25, -0.2) is 4.52 Å². The minimum absolute atomic E-state index is 0.234. The minimum Gasteiger partial charge on any atom is -0.299 e. The lowest BCUT2D eigenvalue weighted by Gasteiger charge is -2.03. The Bertz CT molecular complexity index is 1000. The third kappa shape index (κ3) is 2.78. The average molecular weight is 319 g/mol. The van der Waals surface area contributed by atoms with Gasteiger partial charge in [0.2, 0.25) is 0 Å². The first-order valence-corrected chi connectivity index (χ1v) is 8.01. The molecule has 0 amide bonds. The Morgan fingerprint density at radius 1 is 0.913 bits per heavy atom. The molecule has 112 valence electrons. The van der Waals surface area contributed by atoms with Gasteiger partial charge >= 0.3 is 0 Å². The molecule has 0 saturated heterocycles. The fraction of sp³-hybridized carbons (Fsp3) is 0. The summed E-state index contributed by atoms with van der Waals surface area (Å²) in [5.41, 5.74) is 2.35. The van der Waals surface area contributed by atoms with Crippen LogP contribution in [0.5, 0.6) is 0 Å². The number of hydrogen-bond donors (Lipinski definition) is 1. The second kappa shape index (κ2) is 5.78. The normalized spacial score (nSPS) is 11.0. The molecule has 0 unspecified atom stereocenters. The van der Waals surface area contributed by atoms with Gasteiger partial charge in [0.25, 0.3) is 5.56 Å². The predicted octanol–water partition coefficient (Wildman–Crippen LogP) is 3.84. The van der Waals surface area contributed by atoms with E-state index in [0.717, 1.165) is 11.1 Å². The molecule has 5 heteroatoms. The van der Waals surface area contributed by atoms with Crippen molar-refractivity contribution in [3.05, 3.63) is 83.4 Å². The molecule has 0 aliphatic heterocycles. The molecule has 4 nitrogen and oxygen atoms in total. The number of aromatic amines is 1. The Balaban J connectivity index is 1.67. The molecule has 0 radical (unpaired) electrons. The molecule has 0 fully saturated rings. The van der Waals surface area contributed by atoms with Gasteiger partial charge in [0, 0.05) is 33.8 Å². The van der Waals surface area contributed by atoms with Crippen LogP contribution in [0.4, 0.5) is 0 Å². The molecule has 0 bridgehead atoms. The van der Waals surface area contributed by atoms with Crippen molar-refractivity contribution in [2.45, 2.75) is 9.79 Å². The van der Waals surface area contributed by atoms with E-state index in [9.17, 15) is 4.79 Å². The van der Waals surface area contributed by atoms with Crippen LogP contribution >= 0.6 is 11.8 Å².